The Morgan fingerprint density at radius 2 is 2.00 bits per heavy atom. The number of nitrogens with zero attached hydrogens (tertiary/aromatic N) is 1. The summed E-state index contributed by atoms with van der Waals surface area (Å²) in [5.41, 5.74) is 0.473. The number of piperazine rings is 1. The van der Waals surface area contributed by atoms with Crippen LogP contribution in [0.2, 0.25) is 0 Å². The predicted molar refractivity (Wildman–Crippen MR) is 72.1 cm³/mol. The van der Waals surface area contributed by atoms with Crippen molar-refractivity contribution in [2.75, 3.05) is 19.6 Å². The van der Waals surface area contributed by atoms with E-state index >= 15 is 0 Å². The first-order chi connectivity index (χ1) is 8.24. The van der Waals surface area contributed by atoms with Crippen LogP contribution < -0.4 is 5.32 Å². The van der Waals surface area contributed by atoms with Gasteiger partial charge in [-0.05, 0) is 57.4 Å². The summed E-state index contributed by atoms with van der Waals surface area (Å²) in [6.45, 7) is 8.71. The number of hydrogen-bond acceptors (Lipinski definition) is 2. The Labute approximate surface area is 106 Å². The Kier molecular flexibility index (Phi) is 3.20. The minimum atomic E-state index is 0.473. The zero-order valence-electron chi connectivity index (χ0n) is 11.5. The molecule has 3 rings (SSSR count). The first-order valence-corrected chi connectivity index (χ1v) is 7.72. The van der Waals surface area contributed by atoms with Gasteiger partial charge in [-0.3, -0.25) is 4.90 Å². The molecule has 0 aromatic carbocycles. The van der Waals surface area contributed by atoms with Crippen molar-refractivity contribution in [1.29, 1.82) is 0 Å². The van der Waals surface area contributed by atoms with Crippen LogP contribution in [0.25, 0.3) is 0 Å². The lowest BCUT2D eigenvalue weighted by Crippen LogP contribution is -2.65. The van der Waals surface area contributed by atoms with E-state index in [2.05, 4.69) is 24.1 Å². The molecule has 1 N–H and O–H groups in total. The third-order valence-electron chi connectivity index (χ3n) is 5.29. The molecule has 2 atom stereocenters. The standard InChI is InChI=1S/C15H28N2/c1-3-4-9-17-10-14(12-5-6-12)16-11-15(17,2)13-7-8-13/h12-14,16H,3-11H2,1-2H3. The molecule has 3 aliphatic rings. The zero-order chi connectivity index (χ0) is 11.9. The molecule has 17 heavy (non-hydrogen) atoms. The van der Waals surface area contributed by atoms with Gasteiger partial charge in [-0.25, -0.2) is 0 Å². The zero-order valence-corrected chi connectivity index (χ0v) is 11.5. The van der Waals surface area contributed by atoms with E-state index < -0.39 is 0 Å². The van der Waals surface area contributed by atoms with Gasteiger partial charge < -0.3 is 5.32 Å². The minimum Gasteiger partial charge on any atom is -0.311 e. The monoisotopic (exact) mass is 236 g/mol. The Morgan fingerprint density at radius 3 is 2.59 bits per heavy atom. The number of hydrogen-bond donors (Lipinski definition) is 1. The normalized spacial score (nSPS) is 39.5. The van der Waals surface area contributed by atoms with Gasteiger partial charge in [0.05, 0.1) is 0 Å². The fourth-order valence-corrected chi connectivity index (χ4v) is 3.58. The summed E-state index contributed by atoms with van der Waals surface area (Å²) in [5, 5.41) is 3.86. The Bertz CT molecular complexity index is 270. The summed E-state index contributed by atoms with van der Waals surface area (Å²) < 4.78 is 0. The van der Waals surface area contributed by atoms with Gasteiger partial charge in [0.1, 0.15) is 0 Å². The molecule has 2 heteroatoms. The molecule has 2 saturated carbocycles. The van der Waals surface area contributed by atoms with Gasteiger partial charge in [-0.15, -0.1) is 0 Å². The van der Waals surface area contributed by atoms with Crippen molar-refractivity contribution in [2.45, 2.75) is 64.0 Å². The van der Waals surface area contributed by atoms with Crippen LogP contribution in [0.15, 0.2) is 0 Å². The van der Waals surface area contributed by atoms with Crippen molar-refractivity contribution in [2.24, 2.45) is 11.8 Å². The summed E-state index contributed by atoms with van der Waals surface area (Å²) in [4.78, 5) is 2.84. The van der Waals surface area contributed by atoms with Crippen LogP contribution in [-0.2, 0) is 0 Å². The van der Waals surface area contributed by atoms with Gasteiger partial charge in [0.15, 0.2) is 0 Å². The molecule has 0 amide bonds. The smallest absolute Gasteiger partial charge is 0.0334 e. The van der Waals surface area contributed by atoms with Crippen LogP contribution in [-0.4, -0.2) is 36.1 Å². The second-order valence-electron chi connectivity index (χ2n) is 6.76. The van der Waals surface area contributed by atoms with Crippen LogP contribution >= 0.6 is 0 Å². The Balaban J connectivity index is 1.65. The minimum absolute atomic E-state index is 0.473. The second kappa shape index (κ2) is 4.55. The van der Waals surface area contributed by atoms with E-state index in [1.54, 1.807) is 0 Å². The quantitative estimate of drug-likeness (QED) is 0.789. The molecule has 0 bridgehead atoms. The summed E-state index contributed by atoms with van der Waals surface area (Å²) in [6, 6.07) is 0.804. The largest absolute Gasteiger partial charge is 0.311 e. The van der Waals surface area contributed by atoms with Gasteiger partial charge in [0.2, 0.25) is 0 Å². The number of unbranched alkanes of at least 4 members (excludes halogenated alkanes) is 1. The summed E-state index contributed by atoms with van der Waals surface area (Å²) in [6.07, 6.45) is 8.58. The number of nitrogens with one attached hydrogen (secondary N) is 1. The Hall–Kier alpha value is -0.0800. The van der Waals surface area contributed by atoms with Crippen LogP contribution in [0.4, 0.5) is 0 Å². The van der Waals surface area contributed by atoms with E-state index in [4.69, 9.17) is 0 Å². The van der Waals surface area contributed by atoms with Crippen molar-refractivity contribution in [3.8, 4) is 0 Å². The highest BCUT2D eigenvalue weighted by atomic mass is 15.3. The van der Waals surface area contributed by atoms with Gasteiger partial charge in [-0.1, -0.05) is 13.3 Å². The predicted octanol–water partition coefficient (Wildman–Crippen LogP) is 2.64. The van der Waals surface area contributed by atoms with Crippen LogP contribution in [0.5, 0.6) is 0 Å². The lowest BCUT2D eigenvalue weighted by molar-refractivity contribution is 0.0295. The van der Waals surface area contributed by atoms with Crippen LogP contribution in [0.3, 0.4) is 0 Å². The molecule has 2 unspecified atom stereocenters. The molecule has 0 aromatic heterocycles. The molecule has 0 aromatic rings. The second-order valence-corrected chi connectivity index (χ2v) is 6.76. The summed E-state index contributed by atoms with van der Waals surface area (Å²) in [7, 11) is 0. The fraction of sp³-hybridized carbons (Fsp3) is 1.00. The summed E-state index contributed by atoms with van der Waals surface area (Å²) >= 11 is 0. The summed E-state index contributed by atoms with van der Waals surface area (Å²) in [5.74, 6) is 1.98. The van der Waals surface area contributed by atoms with E-state index in [0.717, 1.165) is 17.9 Å². The van der Waals surface area contributed by atoms with Crippen molar-refractivity contribution in [3.63, 3.8) is 0 Å². The maximum Gasteiger partial charge on any atom is 0.0334 e. The highest BCUT2D eigenvalue weighted by molar-refractivity contribution is 5.06. The molecule has 2 aliphatic carbocycles. The molecule has 1 saturated heterocycles. The van der Waals surface area contributed by atoms with Gasteiger partial charge in [-0.2, -0.15) is 0 Å². The van der Waals surface area contributed by atoms with Crippen LogP contribution in [0, 0.1) is 11.8 Å². The molecule has 98 valence electrons. The van der Waals surface area contributed by atoms with E-state index in [9.17, 15) is 0 Å². The van der Waals surface area contributed by atoms with E-state index in [0.29, 0.717) is 5.54 Å². The third-order valence-corrected chi connectivity index (χ3v) is 5.29. The fourth-order valence-electron chi connectivity index (χ4n) is 3.58. The maximum absolute atomic E-state index is 3.86. The highest BCUT2D eigenvalue weighted by Crippen LogP contribution is 2.45. The van der Waals surface area contributed by atoms with Gasteiger partial charge >= 0.3 is 0 Å². The first kappa shape index (κ1) is 12.0. The molecule has 0 radical (unpaired) electrons. The molecule has 0 spiro atoms. The van der Waals surface area contributed by atoms with Crippen molar-refractivity contribution < 1.29 is 0 Å². The molecular weight excluding hydrogens is 208 g/mol. The molecule has 3 fully saturated rings. The molecule has 2 nitrogen and oxygen atoms in total. The lowest BCUT2D eigenvalue weighted by atomic mass is 9.88. The molecular formula is C15H28N2. The van der Waals surface area contributed by atoms with E-state index in [1.165, 1.54) is 58.2 Å². The van der Waals surface area contributed by atoms with E-state index in [-0.39, 0.29) is 0 Å². The molecule has 1 heterocycles. The molecule has 1 aliphatic heterocycles. The highest BCUT2D eigenvalue weighted by Gasteiger charge is 2.49. The SMILES string of the molecule is CCCCN1CC(C2CC2)NCC1(C)C1CC1. The van der Waals surface area contributed by atoms with Gasteiger partial charge in [0.25, 0.3) is 0 Å². The third kappa shape index (κ3) is 2.39. The van der Waals surface area contributed by atoms with Gasteiger partial charge in [0, 0.05) is 24.7 Å². The lowest BCUT2D eigenvalue weighted by Gasteiger charge is -2.49. The topological polar surface area (TPSA) is 15.3 Å². The maximum atomic E-state index is 3.86. The van der Waals surface area contributed by atoms with E-state index in [1.807, 2.05) is 0 Å². The number of rotatable bonds is 5. The first-order valence-electron chi connectivity index (χ1n) is 7.72. The van der Waals surface area contributed by atoms with Crippen molar-refractivity contribution in [3.05, 3.63) is 0 Å². The average Bonchev–Trinajstić information content (AvgIpc) is 3.20. The van der Waals surface area contributed by atoms with Crippen molar-refractivity contribution >= 4 is 0 Å². The average molecular weight is 236 g/mol. The van der Waals surface area contributed by atoms with Crippen molar-refractivity contribution in [1.82, 2.24) is 10.2 Å². The van der Waals surface area contributed by atoms with Crippen LogP contribution in [0.1, 0.15) is 52.4 Å². The Morgan fingerprint density at radius 1 is 1.24 bits per heavy atom.